The zero-order valence-electron chi connectivity index (χ0n) is 35.2. The van der Waals surface area contributed by atoms with Gasteiger partial charge in [-0.25, -0.2) is 0 Å². The Hall–Kier alpha value is -6.51. The summed E-state index contributed by atoms with van der Waals surface area (Å²) in [4.78, 5) is 5.13. The molecule has 286 valence electrons. The van der Waals surface area contributed by atoms with Crippen LogP contribution in [0.2, 0.25) is 0 Å². The third-order valence-electron chi connectivity index (χ3n) is 13.8. The van der Waals surface area contributed by atoms with E-state index in [-0.39, 0.29) is 24.3 Å². The van der Waals surface area contributed by atoms with E-state index in [1.807, 2.05) is 0 Å². The van der Waals surface area contributed by atoms with Gasteiger partial charge in [-0.05, 0) is 126 Å². The molecule has 12 rings (SSSR count). The van der Waals surface area contributed by atoms with E-state index >= 15 is 0 Å². The molecule has 0 aromatic heterocycles. The lowest BCUT2D eigenvalue weighted by Gasteiger charge is -2.41. The van der Waals surface area contributed by atoms with E-state index in [1.165, 1.54) is 111 Å². The van der Waals surface area contributed by atoms with E-state index in [9.17, 15) is 0 Å². The smallest absolute Gasteiger partial charge is 0.248 e. The first-order valence-electron chi connectivity index (χ1n) is 21.6. The summed E-state index contributed by atoms with van der Waals surface area (Å²) in [5, 5.41) is 0. The first-order chi connectivity index (χ1) is 29.0. The number of nitrogens with zero attached hydrogens (tertiary/aromatic N) is 2. The van der Waals surface area contributed by atoms with Crippen molar-refractivity contribution < 1.29 is 0 Å². The number of rotatable bonds is 3. The Bertz CT molecular complexity index is 3060. The van der Waals surface area contributed by atoms with Gasteiger partial charge in [-0.1, -0.05) is 174 Å². The van der Waals surface area contributed by atoms with E-state index in [2.05, 4.69) is 221 Å². The highest BCUT2D eigenvalue weighted by atomic mass is 15.2. The molecular formula is C56H46B2N2. The Labute approximate surface area is 355 Å². The van der Waals surface area contributed by atoms with Gasteiger partial charge in [0.1, 0.15) is 0 Å². The van der Waals surface area contributed by atoms with E-state index in [4.69, 9.17) is 0 Å². The molecule has 0 saturated carbocycles. The Kier molecular flexibility index (Phi) is 7.39. The molecule has 4 heterocycles. The fraction of sp³-hybridized carbons (Fsp3) is 0.143. The summed E-state index contributed by atoms with van der Waals surface area (Å²) in [6, 6.07) is 65.0. The van der Waals surface area contributed by atoms with Crippen molar-refractivity contribution in [2.24, 2.45) is 0 Å². The van der Waals surface area contributed by atoms with E-state index < -0.39 is 0 Å². The summed E-state index contributed by atoms with van der Waals surface area (Å²) in [5.41, 5.74) is 26.4. The van der Waals surface area contributed by atoms with Crippen LogP contribution in [0.5, 0.6) is 0 Å². The lowest BCUT2D eigenvalue weighted by Crippen LogP contribution is -2.58. The largest absolute Gasteiger partial charge is 0.312 e. The summed E-state index contributed by atoms with van der Waals surface area (Å²) in [7, 11) is 0. The van der Waals surface area contributed by atoms with Crippen LogP contribution in [0.1, 0.15) is 52.7 Å². The SMILES string of the molecule is CC(C)(C)c1ccc(-c2ccc(N3c4cc5c(cc4B4c6ccccc6-c6cccc3c64)N(c3ccc(C(C)(C)C)cc3)c3cccc4c3B5c3ccccc3-4)cc2)cc1. The fourth-order valence-corrected chi connectivity index (χ4v) is 10.9. The van der Waals surface area contributed by atoms with Gasteiger partial charge in [0.05, 0.1) is 0 Å². The molecule has 4 aliphatic heterocycles. The predicted molar refractivity (Wildman–Crippen MR) is 259 cm³/mol. The molecule has 0 bridgehead atoms. The highest BCUT2D eigenvalue weighted by Gasteiger charge is 2.47. The van der Waals surface area contributed by atoms with Crippen molar-refractivity contribution >= 4 is 80.3 Å². The van der Waals surface area contributed by atoms with Crippen LogP contribution in [0.25, 0.3) is 33.4 Å². The topological polar surface area (TPSA) is 6.48 Å². The van der Waals surface area contributed by atoms with Gasteiger partial charge in [-0.2, -0.15) is 0 Å². The van der Waals surface area contributed by atoms with Gasteiger partial charge in [0.15, 0.2) is 0 Å². The second-order valence-corrected chi connectivity index (χ2v) is 19.3. The molecule has 0 saturated heterocycles. The number of anilines is 6. The van der Waals surface area contributed by atoms with Gasteiger partial charge < -0.3 is 9.80 Å². The van der Waals surface area contributed by atoms with Crippen LogP contribution in [0.4, 0.5) is 34.1 Å². The molecule has 0 N–H and O–H groups in total. The minimum atomic E-state index is 0.0671. The zero-order chi connectivity index (χ0) is 40.7. The fourth-order valence-electron chi connectivity index (χ4n) is 10.9. The summed E-state index contributed by atoms with van der Waals surface area (Å²) in [5.74, 6) is 0. The Morgan fingerprint density at radius 1 is 0.333 bits per heavy atom. The Morgan fingerprint density at radius 3 is 1.13 bits per heavy atom. The van der Waals surface area contributed by atoms with Crippen molar-refractivity contribution in [3.63, 3.8) is 0 Å². The highest BCUT2D eigenvalue weighted by molar-refractivity contribution is 7.03. The van der Waals surface area contributed by atoms with Crippen LogP contribution < -0.4 is 42.6 Å². The second-order valence-electron chi connectivity index (χ2n) is 19.3. The summed E-state index contributed by atoms with van der Waals surface area (Å²) < 4.78 is 0. The summed E-state index contributed by atoms with van der Waals surface area (Å²) in [6.07, 6.45) is 0. The van der Waals surface area contributed by atoms with Gasteiger partial charge in [-0.3, -0.25) is 0 Å². The summed E-state index contributed by atoms with van der Waals surface area (Å²) in [6.45, 7) is 14.0. The maximum atomic E-state index is 2.57. The molecule has 60 heavy (non-hydrogen) atoms. The highest BCUT2D eigenvalue weighted by Crippen LogP contribution is 2.45. The molecule has 2 nitrogen and oxygen atoms in total. The molecule has 4 heteroatoms. The average molecular weight is 769 g/mol. The molecule has 4 aliphatic rings. The van der Waals surface area contributed by atoms with E-state index in [0.29, 0.717) is 0 Å². The monoisotopic (exact) mass is 768 g/mol. The van der Waals surface area contributed by atoms with Gasteiger partial charge in [0.2, 0.25) is 13.4 Å². The Balaban J connectivity index is 1.10. The maximum absolute atomic E-state index is 2.57. The number of benzene rings is 8. The molecule has 0 atom stereocenters. The van der Waals surface area contributed by atoms with Crippen LogP contribution in [-0.2, 0) is 10.8 Å². The van der Waals surface area contributed by atoms with Gasteiger partial charge in [0, 0.05) is 34.1 Å². The molecular weight excluding hydrogens is 722 g/mol. The van der Waals surface area contributed by atoms with E-state index in [0.717, 1.165) is 0 Å². The van der Waals surface area contributed by atoms with Gasteiger partial charge in [-0.15, -0.1) is 0 Å². The van der Waals surface area contributed by atoms with Crippen molar-refractivity contribution in [3.8, 4) is 33.4 Å². The predicted octanol–water partition coefficient (Wildman–Crippen LogP) is 10.5. The maximum Gasteiger partial charge on any atom is 0.248 e. The summed E-state index contributed by atoms with van der Waals surface area (Å²) >= 11 is 0. The van der Waals surface area contributed by atoms with Crippen LogP contribution in [-0.4, -0.2) is 13.4 Å². The minimum absolute atomic E-state index is 0.0671. The Morgan fingerprint density at radius 2 is 0.700 bits per heavy atom. The van der Waals surface area contributed by atoms with Crippen molar-refractivity contribution in [2.75, 3.05) is 9.80 Å². The van der Waals surface area contributed by atoms with Crippen LogP contribution in [0.3, 0.4) is 0 Å². The first kappa shape index (κ1) is 35.4. The molecule has 0 amide bonds. The number of hydrogen-bond acceptors (Lipinski definition) is 2. The quantitative estimate of drug-likeness (QED) is 0.165. The molecule has 0 fully saturated rings. The number of fused-ring (bicyclic) bond motifs is 10. The molecule has 0 radical (unpaired) electrons. The molecule has 0 aliphatic carbocycles. The molecule has 0 spiro atoms. The van der Waals surface area contributed by atoms with Crippen LogP contribution >= 0.6 is 0 Å². The van der Waals surface area contributed by atoms with Crippen molar-refractivity contribution in [1.82, 2.24) is 0 Å². The molecule has 8 aromatic carbocycles. The average Bonchev–Trinajstić information content (AvgIpc) is 3.78. The standard InChI is InChI=1S/C56H46B2N2/c1-55(2,3)37-25-21-35(22-26-37)36-23-29-39(30-24-36)59-49-19-11-15-43-41-13-7-9-17-45(41)57(53(43)49)47-34-52-48(33-51(47)59)58-46-18-10-8-14-42(46)44-16-12-20-50(54(44)58)60(52)40-31-27-38(28-32-40)56(4,5)6/h7-34H,1-6H3. The minimum Gasteiger partial charge on any atom is -0.312 e. The van der Waals surface area contributed by atoms with Crippen molar-refractivity contribution in [1.29, 1.82) is 0 Å². The van der Waals surface area contributed by atoms with Crippen LogP contribution in [0, 0.1) is 0 Å². The third-order valence-corrected chi connectivity index (χ3v) is 13.8. The number of hydrogen-bond donors (Lipinski definition) is 0. The molecule has 8 aromatic rings. The lowest BCUT2D eigenvalue weighted by molar-refractivity contribution is 0.590. The van der Waals surface area contributed by atoms with Crippen molar-refractivity contribution in [2.45, 2.75) is 52.4 Å². The molecule has 0 unspecified atom stereocenters. The van der Waals surface area contributed by atoms with Gasteiger partial charge >= 0.3 is 0 Å². The third kappa shape index (κ3) is 5.03. The van der Waals surface area contributed by atoms with Crippen molar-refractivity contribution in [3.05, 3.63) is 181 Å². The zero-order valence-corrected chi connectivity index (χ0v) is 35.2. The lowest BCUT2D eigenvalue weighted by atomic mass is 9.34. The first-order valence-corrected chi connectivity index (χ1v) is 21.6. The van der Waals surface area contributed by atoms with Crippen LogP contribution in [0.15, 0.2) is 170 Å². The second kappa shape index (κ2) is 12.5. The normalized spacial score (nSPS) is 14.0. The van der Waals surface area contributed by atoms with Gasteiger partial charge in [0.25, 0.3) is 0 Å². The van der Waals surface area contributed by atoms with E-state index in [1.54, 1.807) is 0 Å².